The molecule has 1 fully saturated rings. The number of aromatic nitrogens is 4. The Morgan fingerprint density at radius 1 is 0.871 bits per heavy atom. The van der Waals surface area contributed by atoms with Gasteiger partial charge in [-0.15, -0.1) is 10.2 Å². The third-order valence-electron chi connectivity index (χ3n) is 5.54. The molecular weight excluding hydrogens is 388 g/mol. The van der Waals surface area contributed by atoms with Crippen LogP contribution in [0.3, 0.4) is 0 Å². The van der Waals surface area contributed by atoms with E-state index in [4.69, 9.17) is 9.40 Å². The summed E-state index contributed by atoms with van der Waals surface area (Å²) in [6.07, 6.45) is 1.83. The first-order chi connectivity index (χ1) is 15.3. The van der Waals surface area contributed by atoms with E-state index in [0.29, 0.717) is 17.5 Å². The lowest BCUT2D eigenvalue weighted by Gasteiger charge is -2.35. The van der Waals surface area contributed by atoms with E-state index in [2.05, 4.69) is 55.3 Å². The second kappa shape index (κ2) is 8.65. The molecule has 0 spiro atoms. The van der Waals surface area contributed by atoms with Gasteiger partial charge in [0.15, 0.2) is 5.69 Å². The SMILES string of the molecule is Cc1ncc(N2CCN(Cc3ccccc3)CC2)nc1-c1nnc(-c2ccccc2)o1.[HH]. The molecule has 4 aromatic rings. The molecule has 2 aromatic heterocycles. The summed E-state index contributed by atoms with van der Waals surface area (Å²) in [4.78, 5) is 14.1. The minimum atomic E-state index is 0. The van der Waals surface area contributed by atoms with E-state index in [9.17, 15) is 0 Å². The Morgan fingerprint density at radius 2 is 1.55 bits per heavy atom. The summed E-state index contributed by atoms with van der Waals surface area (Å²) >= 11 is 0. The monoisotopic (exact) mass is 414 g/mol. The normalized spacial score (nSPS) is 14.7. The second-order valence-corrected chi connectivity index (χ2v) is 7.69. The van der Waals surface area contributed by atoms with E-state index < -0.39 is 0 Å². The summed E-state index contributed by atoms with van der Waals surface area (Å²) in [5.74, 6) is 1.73. The summed E-state index contributed by atoms with van der Waals surface area (Å²) in [7, 11) is 0. The summed E-state index contributed by atoms with van der Waals surface area (Å²) in [5, 5.41) is 8.41. The van der Waals surface area contributed by atoms with Crippen LogP contribution < -0.4 is 4.90 Å². The van der Waals surface area contributed by atoms with Crippen LogP contribution >= 0.6 is 0 Å². The maximum Gasteiger partial charge on any atom is 0.268 e. The maximum absolute atomic E-state index is 5.91. The van der Waals surface area contributed by atoms with Gasteiger partial charge in [0.2, 0.25) is 5.89 Å². The quantitative estimate of drug-likeness (QED) is 0.487. The van der Waals surface area contributed by atoms with Crippen molar-refractivity contribution in [1.82, 2.24) is 25.1 Å². The Morgan fingerprint density at radius 3 is 2.29 bits per heavy atom. The summed E-state index contributed by atoms with van der Waals surface area (Å²) in [6.45, 7) is 6.67. The Hall–Kier alpha value is -3.58. The van der Waals surface area contributed by atoms with Crippen molar-refractivity contribution >= 4 is 5.82 Å². The van der Waals surface area contributed by atoms with E-state index in [-0.39, 0.29) is 1.43 Å². The number of hydrogen-bond donors (Lipinski definition) is 0. The average Bonchev–Trinajstić information content (AvgIpc) is 3.31. The highest BCUT2D eigenvalue weighted by atomic mass is 16.4. The van der Waals surface area contributed by atoms with Crippen LogP contribution in [0.2, 0.25) is 0 Å². The molecule has 1 aliphatic heterocycles. The van der Waals surface area contributed by atoms with E-state index in [0.717, 1.165) is 49.8 Å². The van der Waals surface area contributed by atoms with Gasteiger partial charge in [0.1, 0.15) is 5.82 Å². The highest BCUT2D eigenvalue weighted by molar-refractivity contribution is 5.58. The zero-order chi connectivity index (χ0) is 21.0. The molecule has 31 heavy (non-hydrogen) atoms. The van der Waals surface area contributed by atoms with Crippen LogP contribution in [0.5, 0.6) is 0 Å². The lowest BCUT2D eigenvalue weighted by Crippen LogP contribution is -2.46. The number of rotatable bonds is 5. The average molecular weight is 415 g/mol. The minimum Gasteiger partial charge on any atom is -0.415 e. The van der Waals surface area contributed by atoms with Gasteiger partial charge in [-0.1, -0.05) is 48.5 Å². The highest BCUT2D eigenvalue weighted by Gasteiger charge is 2.21. The molecule has 7 heteroatoms. The van der Waals surface area contributed by atoms with Crippen LogP contribution in [0.15, 0.2) is 71.3 Å². The van der Waals surface area contributed by atoms with Crippen LogP contribution in [-0.4, -0.2) is 51.2 Å². The maximum atomic E-state index is 5.91. The topological polar surface area (TPSA) is 71.2 Å². The molecule has 0 saturated carbocycles. The van der Waals surface area contributed by atoms with Gasteiger partial charge < -0.3 is 9.32 Å². The molecule has 0 amide bonds. The third kappa shape index (κ3) is 4.32. The van der Waals surface area contributed by atoms with Gasteiger partial charge in [-0.05, 0) is 24.6 Å². The molecule has 5 rings (SSSR count). The predicted molar refractivity (Wildman–Crippen MR) is 122 cm³/mol. The van der Waals surface area contributed by atoms with Crippen molar-refractivity contribution in [3.8, 4) is 23.0 Å². The van der Waals surface area contributed by atoms with Crippen molar-refractivity contribution < 1.29 is 5.84 Å². The third-order valence-corrected chi connectivity index (χ3v) is 5.54. The van der Waals surface area contributed by atoms with Crippen LogP contribution in [0, 0.1) is 6.92 Å². The highest BCUT2D eigenvalue weighted by Crippen LogP contribution is 2.26. The Kier molecular flexibility index (Phi) is 5.41. The van der Waals surface area contributed by atoms with Gasteiger partial charge in [0.05, 0.1) is 11.9 Å². The fourth-order valence-corrected chi connectivity index (χ4v) is 3.79. The Bertz CT molecular complexity index is 1140. The number of benzene rings is 2. The molecule has 0 aliphatic carbocycles. The van der Waals surface area contributed by atoms with Crippen molar-refractivity contribution in [2.24, 2.45) is 0 Å². The first-order valence-electron chi connectivity index (χ1n) is 10.5. The van der Waals surface area contributed by atoms with Crippen molar-refractivity contribution in [3.63, 3.8) is 0 Å². The fraction of sp³-hybridized carbons (Fsp3) is 0.250. The molecule has 2 aromatic carbocycles. The molecule has 1 aliphatic rings. The smallest absolute Gasteiger partial charge is 0.268 e. The van der Waals surface area contributed by atoms with Gasteiger partial charge in [-0.2, -0.15) is 0 Å². The number of aryl methyl sites for hydroxylation is 1. The second-order valence-electron chi connectivity index (χ2n) is 7.69. The number of piperazine rings is 1. The van der Waals surface area contributed by atoms with E-state index in [1.807, 2.05) is 43.5 Å². The zero-order valence-electron chi connectivity index (χ0n) is 17.5. The van der Waals surface area contributed by atoms with E-state index in [1.54, 1.807) is 0 Å². The number of nitrogens with zero attached hydrogens (tertiary/aromatic N) is 6. The molecule has 0 bridgehead atoms. The van der Waals surface area contributed by atoms with Gasteiger partial charge in [0.25, 0.3) is 5.89 Å². The van der Waals surface area contributed by atoms with Crippen LogP contribution in [0.4, 0.5) is 5.82 Å². The molecule has 1 saturated heterocycles. The summed E-state index contributed by atoms with van der Waals surface area (Å²) in [5.41, 5.74) is 3.64. The van der Waals surface area contributed by atoms with Crippen molar-refractivity contribution in [2.45, 2.75) is 13.5 Å². The van der Waals surface area contributed by atoms with Gasteiger partial charge >= 0.3 is 0 Å². The minimum absolute atomic E-state index is 0. The molecule has 0 radical (unpaired) electrons. The Labute approximate surface area is 182 Å². The first kappa shape index (κ1) is 19.4. The largest absolute Gasteiger partial charge is 0.415 e. The lowest BCUT2D eigenvalue weighted by atomic mass is 10.2. The molecule has 7 nitrogen and oxygen atoms in total. The molecule has 3 heterocycles. The molecular formula is C24H26N6O. The number of hydrogen-bond acceptors (Lipinski definition) is 7. The summed E-state index contributed by atoms with van der Waals surface area (Å²) < 4.78 is 5.91. The molecule has 0 N–H and O–H groups in total. The van der Waals surface area contributed by atoms with Crippen LogP contribution in [0.25, 0.3) is 23.0 Å². The zero-order valence-corrected chi connectivity index (χ0v) is 17.5. The number of anilines is 1. The van der Waals surface area contributed by atoms with Gasteiger partial charge in [-0.3, -0.25) is 9.88 Å². The van der Waals surface area contributed by atoms with Gasteiger partial charge in [-0.25, -0.2) is 4.98 Å². The van der Waals surface area contributed by atoms with Crippen LogP contribution in [-0.2, 0) is 6.54 Å². The van der Waals surface area contributed by atoms with Crippen molar-refractivity contribution in [1.29, 1.82) is 0 Å². The molecule has 0 atom stereocenters. The van der Waals surface area contributed by atoms with Crippen molar-refractivity contribution in [3.05, 3.63) is 78.1 Å². The summed E-state index contributed by atoms with van der Waals surface area (Å²) in [6, 6.07) is 20.3. The lowest BCUT2D eigenvalue weighted by molar-refractivity contribution is 0.249. The molecule has 0 unspecified atom stereocenters. The molecule has 158 valence electrons. The van der Waals surface area contributed by atoms with Crippen LogP contribution in [0.1, 0.15) is 12.7 Å². The van der Waals surface area contributed by atoms with E-state index in [1.165, 1.54) is 5.56 Å². The fourth-order valence-electron chi connectivity index (χ4n) is 3.79. The Balaban J connectivity index is 0.00000245. The predicted octanol–water partition coefficient (Wildman–Crippen LogP) is 4.07. The van der Waals surface area contributed by atoms with Crippen molar-refractivity contribution in [2.75, 3.05) is 31.1 Å². The van der Waals surface area contributed by atoms with Gasteiger partial charge in [0, 0.05) is 39.7 Å². The standard InChI is InChI=1S/C24H24N6O.H2/c1-18-22(24-28-27-23(31-24)20-10-6-3-7-11-20)26-21(16-25-18)30-14-12-29(13-15-30)17-19-8-4-2-5-9-19;/h2-11,16H,12-15,17H2,1H3;1H. The van der Waals surface area contributed by atoms with E-state index >= 15 is 0 Å². The first-order valence-corrected chi connectivity index (χ1v) is 10.5.